The van der Waals surface area contributed by atoms with E-state index in [2.05, 4.69) is 10.6 Å². The van der Waals surface area contributed by atoms with Crippen LogP contribution < -0.4 is 22.1 Å². The SMILES string of the molecule is N[C@@H]1CCCC[C@H]1NCC(=O)O.N[C@@H]1CCCC[C@H]1NCC(=O)O.O=S(=O)(O)O.[Pt+2].[Pt+2]. The zero-order chi connectivity index (χ0) is 22.4. The fourth-order valence-corrected chi connectivity index (χ4v) is 3.26. The molecule has 188 valence electrons. The van der Waals surface area contributed by atoms with Crippen LogP contribution >= 0.6 is 0 Å². The Morgan fingerprint density at radius 3 is 1.23 bits per heavy atom. The Balaban J connectivity index is -0.000000397. The summed E-state index contributed by atoms with van der Waals surface area (Å²) in [5.41, 5.74) is 11.6. The monoisotopic (exact) mass is 832 g/mol. The van der Waals surface area contributed by atoms with Crippen LogP contribution in [-0.4, -0.2) is 76.9 Å². The molecule has 0 aromatic rings. The second-order valence-corrected chi connectivity index (χ2v) is 8.00. The molecule has 2 fully saturated rings. The average Bonchev–Trinajstić information content (AvgIpc) is 2.59. The number of nitrogens with two attached hydrogens (primary N) is 2. The average molecular weight is 833 g/mol. The molecule has 0 spiro atoms. The van der Waals surface area contributed by atoms with Gasteiger partial charge in [0.05, 0.1) is 13.1 Å². The van der Waals surface area contributed by atoms with Crippen LogP contribution in [0.1, 0.15) is 51.4 Å². The molecule has 0 aliphatic heterocycles. The van der Waals surface area contributed by atoms with Crippen molar-refractivity contribution in [2.45, 2.75) is 75.5 Å². The summed E-state index contributed by atoms with van der Waals surface area (Å²) >= 11 is 0. The molecule has 2 aliphatic rings. The molecule has 15 heteroatoms. The van der Waals surface area contributed by atoms with Gasteiger partial charge in [0.25, 0.3) is 0 Å². The molecule has 2 aliphatic carbocycles. The van der Waals surface area contributed by atoms with Gasteiger partial charge in [-0.3, -0.25) is 18.7 Å². The number of carbonyl (C=O) groups is 2. The van der Waals surface area contributed by atoms with E-state index < -0.39 is 22.3 Å². The van der Waals surface area contributed by atoms with E-state index in [1.807, 2.05) is 0 Å². The van der Waals surface area contributed by atoms with Gasteiger partial charge in [0.1, 0.15) is 0 Å². The van der Waals surface area contributed by atoms with E-state index in [9.17, 15) is 9.59 Å². The first-order valence-corrected chi connectivity index (χ1v) is 10.9. The number of carboxylic acids is 2. The van der Waals surface area contributed by atoms with Gasteiger partial charge >= 0.3 is 64.5 Å². The van der Waals surface area contributed by atoms with E-state index in [1.165, 1.54) is 12.8 Å². The van der Waals surface area contributed by atoms with Crippen LogP contribution in [0.2, 0.25) is 0 Å². The van der Waals surface area contributed by atoms with Gasteiger partial charge in [-0.1, -0.05) is 25.7 Å². The fraction of sp³-hybridized carbons (Fsp3) is 0.875. The van der Waals surface area contributed by atoms with Crippen molar-refractivity contribution in [1.82, 2.24) is 10.6 Å². The predicted octanol–water partition coefficient (Wildman–Crippen LogP) is -0.797. The Labute approximate surface area is 211 Å². The first-order valence-electron chi connectivity index (χ1n) is 9.51. The second kappa shape index (κ2) is 19.5. The second-order valence-electron chi connectivity index (χ2n) is 7.11. The van der Waals surface area contributed by atoms with E-state index in [4.69, 9.17) is 39.2 Å². The predicted molar refractivity (Wildman–Crippen MR) is 106 cm³/mol. The summed E-state index contributed by atoms with van der Waals surface area (Å²) < 4.78 is 31.6. The Hall–Kier alpha value is 0.0266. The summed E-state index contributed by atoms with van der Waals surface area (Å²) in [4.78, 5) is 20.5. The summed E-state index contributed by atoms with van der Waals surface area (Å²) in [6.07, 6.45) is 8.70. The number of hydrogen-bond donors (Lipinski definition) is 8. The van der Waals surface area contributed by atoms with Gasteiger partial charge in [0, 0.05) is 24.2 Å². The van der Waals surface area contributed by atoms with E-state index in [0.717, 1.165) is 38.5 Å². The molecule has 0 unspecified atom stereocenters. The third-order valence-electron chi connectivity index (χ3n) is 4.67. The number of nitrogens with one attached hydrogen (secondary N) is 2. The maximum absolute atomic E-state index is 10.2. The molecule has 10 N–H and O–H groups in total. The van der Waals surface area contributed by atoms with Gasteiger partial charge in [-0.2, -0.15) is 8.42 Å². The summed E-state index contributed by atoms with van der Waals surface area (Å²) in [5.74, 6) is -1.62. The number of aliphatic carboxylic acids is 2. The molecule has 0 heterocycles. The van der Waals surface area contributed by atoms with E-state index in [0.29, 0.717) is 0 Å². The molecule has 12 nitrogen and oxygen atoms in total. The zero-order valence-electron chi connectivity index (χ0n) is 17.0. The Kier molecular flexibility index (Phi) is 22.4. The third-order valence-corrected chi connectivity index (χ3v) is 4.67. The molecule has 0 bridgehead atoms. The first kappa shape index (κ1) is 35.6. The van der Waals surface area contributed by atoms with Gasteiger partial charge in [-0.25, -0.2) is 0 Å². The molecule has 0 amide bonds. The van der Waals surface area contributed by atoms with Gasteiger partial charge in [-0.05, 0) is 25.7 Å². The minimum absolute atomic E-state index is 0. The smallest absolute Gasteiger partial charge is 0.480 e. The Morgan fingerprint density at radius 2 is 1.00 bits per heavy atom. The minimum Gasteiger partial charge on any atom is -0.480 e. The van der Waals surface area contributed by atoms with Crippen LogP contribution in [0.5, 0.6) is 0 Å². The van der Waals surface area contributed by atoms with Crippen molar-refractivity contribution in [3.05, 3.63) is 0 Å². The Morgan fingerprint density at radius 1 is 0.742 bits per heavy atom. The van der Waals surface area contributed by atoms with Crippen LogP contribution in [0, 0.1) is 0 Å². The van der Waals surface area contributed by atoms with E-state index in [1.54, 1.807) is 0 Å². The molecule has 2 rings (SSSR count). The fourth-order valence-electron chi connectivity index (χ4n) is 3.26. The summed E-state index contributed by atoms with van der Waals surface area (Å²) in [5, 5.41) is 22.7. The Bertz CT molecular complexity index is 556. The third kappa shape index (κ3) is 23.0. The molecule has 31 heavy (non-hydrogen) atoms. The van der Waals surface area contributed by atoms with Gasteiger partial charge in [0.15, 0.2) is 0 Å². The maximum atomic E-state index is 10.2. The largest absolute Gasteiger partial charge is 2.00 e. The maximum Gasteiger partial charge on any atom is 2.00 e. The molecule has 4 atom stereocenters. The number of hydrogen-bond acceptors (Lipinski definition) is 8. The van der Waals surface area contributed by atoms with Crippen LogP contribution in [0.15, 0.2) is 0 Å². The summed E-state index contributed by atoms with van der Waals surface area (Å²) in [6, 6.07) is 0.681. The molecule has 0 aromatic carbocycles. The van der Waals surface area contributed by atoms with Crippen molar-refractivity contribution in [1.29, 1.82) is 0 Å². The standard InChI is InChI=1S/2C8H16N2O2.H2O4S.2Pt/c2*9-6-3-1-2-4-7(6)10-5-8(11)12;1-5(2,3)4;;/h2*6-7,10H,1-5,9H2,(H,11,12);(H2,1,2,3,4);;/q;;;2*+2/t2*6-,7-;;;/m11.../s1. The van der Waals surface area contributed by atoms with Crippen molar-refractivity contribution in [2.24, 2.45) is 11.5 Å². The van der Waals surface area contributed by atoms with Gasteiger partial charge < -0.3 is 32.3 Å². The van der Waals surface area contributed by atoms with Crippen LogP contribution in [-0.2, 0) is 62.1 Å². The number of carboxylic acid groups (broad SMARTS) is 2. The molecular weight excluding hydrogens is 798 g/mol. The van der Waals surface area contributed by atoms with Crippen molar-refractivity contribution in [3.8, 4) is 0 Å². The van der Waals surface area contributed by atoms with Crippen LogP contribution in [0.3, 0.4) is 0 Å². The molecule has 0 radical (unpaired) electrons. The van der Waals surface area contributed by atoms with Crippen molar-refractivity contribution in [3.63, 3.8) is 0 Å². The van der Waals surface area contributed by atoms with Crippen molar-refractivity contribution in [2.75, 3.05) is 13.1 Å². The van der Waals surface area contributed by atoms with Crippen molar-refractivity contribution < 1.29 is 79.5 Å². The normalized spacial score (nSPS) is 25.2. The minimum atomic E-state index is -4.67. The number of rotatable bonds is 6. The van der Waals surface area contributed by atoms with Gasteiger partial charge in [-0.15, -0.1) is 0 Å². The molecule has 2 saturated carbocycles. The van der Waals surface area contributed by atoms with Crippen molar-refractivity contribution >= 4 is 22.3 Å². The summed E-state index contributed by atoms with van der Waals surface area (Å²) in [7, 11) is -4.67. The van der Waals surface area contributed by atoms with Crippen LogP contribution in [0.4, 0.5) is 0 Å². The summed E-state index contributed by atoms with van der Waals surface area (Å²) in [6.45, 7) is 0.0523. The molecular formula is C16H34N4O8Pt2S+4. The quantitative estimate of drug-likeness (QED) is 0.154. The van der Waals surface area contributed by atoms with E-state index >= 15 is 0 Å². The van der Waals surface area contributed by atoms with E-state index in [-0.39, 0.29) is 79.4 Å². The first-order chi connectivity index (χ1) is 13.4. The topological polar surface area (TPSA) is 225 Å². The van der Waals surface area contributed by atoms with Crippen LogP contribution in [0.25, 0.3) is 0 Å². The molecule has 0 saturated heterocycles. The molecule has 0 aromatic heterocycles. The zero-order valence-corrected chi connectivity index (χ0v) is 22.4. The van der Waals surface area contributed by atoms with Gasteiger partial charge in [0.2, 0.25) is 0 Å².